The van der Waals surface area contributed by atoms with E-state index in [2.05, 4.69) is 12.0 Å². The van der Waals surface area contributed by atoms with Crippen LogP contribution in [0, 0.1) is 5.82 Å². The molecule has 0 spiro atoms. The first kappa shape index (κ1) is 18.4. The molecule has 0 atom stereocenters. The van der Waals surface area contributed by atoms with E-state index in [-0.39, 0.29) is 16.6 Å². The molecule has 4 rings (SSSR count). The standard InChI is InChI=1S/C21H18ClFN4O/c1-3-4-16-19-20(27(2)26-16)18(13-7-10-17(28)15(22)11-13)24-21(25-19)12-5-8-14(23)9-6-12/h5-11,28H,3-4H2,1-2H3. The summed E-state index contributed by atoms with van der Waals surface area (Å²) in [7, 11) is 1.86. The highest BCUT2D eigenvalue weighted by atomic mass is 35.5. The number of aryl methyl sites for hydroxylation is 2. The van der Waals surface area contributed by atoms with Crippen LogP contribution in [0.15, 0.2) is 42.5 Å². The van der Waals surface area contributed by atoms with E-state index in [9.17, 15) is 9.50 Å². The van der Waals surface area contributed by atoms with E-state index in [1.807, 2.05) is 7.05 Å². The zero-order valence-electron chi connectivity index (χ0n) is 15.4. The molecule has 0 amide bonds. The van der Waals surface area contributed by atoms with E-state index in [4.69, 9.17) is 21.6 Å². The molecular formula is C21H18ClFN4O. The maximum absolute atomic E-state index is 13.4. The molecule has 2 heterocycles. The fourth-order valence-corrected chi connectivity index (χ4v) is 3.41. The molecule has 0 saturated heterocycles. The average molecular weight is 397 g/mol. The first-order chi connectivity index (χ1) is 13.5. The predicted molar refractivity (Wildman–Crippen MR) is 108 cm³/mol. The Kier molecular flexibility index (Phi) is 4.73. The molecule has 0 fully saturated rings. The van der Waals surface area contributed by atoms with Crippen molar-refractivity contribution in [2.75, 3.05) is 0 Å². The maximum atomic E-state index is 13.4. The van der Waals surface area contributed by atoms with Gasteiger partial charge in [0.15, 0.2) is 5.82 Å². The summed E-state index contributed by atoms with van der Waals surface area (Å²) in [5.74, 6) is 0.173. The van der Waals surface area contributed by atoms with Crippen molar-refractivity contribution in [2.24, 2.45) is 7.05 Å². The minimum atomic E-state index is -0.316. The number of aromatic hydroxyl groups is 1. The highest BCUT2D eigenvalue weighted by Crippen LogP contribution is 2.34. The molecule has 0 aliphatic rings. The molecule has 1 N–H and O–H groups in total. The highest BCUT2D eigenvalue weighted by molar-refractivity contribution is 6.32. The van der Waals surface area contributed by atoms with Gasteiger partial charge in [-0.3, -0.25) is 4.68 Å². The van der Waals surface area contributed by atoms with E-state index >= 15 is 0 Å². The molecule has 0 radical (unpaired) electrons. The van der Waals surface area contributed by atoms with E-state index in [0.29, 0.717) is 17.1 Å². The van der Waals surface area contributed by atoms with Gasteiger partial charge in [-0.25, -0.2) is 14.4 Å². The molecule has 0 unspecified atom stereocenters. The Labute approximate surface area is 166 Å². The molecule has 142 valence electrons. The molecule has 0 bridgehead atoms. The summed E-state index contributed by atoms with van der Waals surface area (Å²) in [6.07, 6.45) is 1.72. The smallest absolute Gasteiger partial charge is 0.160 e. The molecule has 5 nitrogen and oxygen atoms in total. The van der Waals surface area contributed by atoms with Gasteiger partial charge in [-0.05, 0) is 48.9 Å². The Bertz CT molecular complexity index is 1170. The largest absolute Gasteiger partial charge is 0.506 e. The number of aromatic nitrogens is 4. The summed E-state index contributed by atoms with van der Waals surface area (Å²) in [6.45, 7) is 2.09. The van der Waals surface area contributed by atoms with Crippen molar-refractivity contribution in [1.29, 1.82) is 0 Å². The van der Waals surface area contributed by atoms with E-state index in [0.717, 1.165) is 35.1 Å². The number of hydrogen-bond acceptors (Lipinski definition) is 4. The quantitative estimate of drug-likeness (QED) is 0.518. The molecule has 7 heteroatoms. The summed E-state index contributed by atoms with van der Waals surface area (Å²) in [5, 5.41) is 14.6. The van der Waals surface area contributed by atoms with Crippen molar-refractivity contribution >= 4 is 22.6 Å². The minimum absolute atomic E-state index is 0.00570. The fourth-order valence-electron chi connectivity index (χ4n) is 3.23. The predicted octanol–water partition coefficient (Wildman–Crippen LogP) is 5.15. The third kappa shape index (κ3) is 3.20. The second-order valence-electron chi connectivity index (χ2n) is 6.59. The van der Waals surface area contributed by atoms with Gasteiger partial charge in [0.2, 0.25) is 0 Å². The fraction of sp³-hybridized carbons (Fsp3) is 0.190. The van der Waals surface area contributed by atoms with Gasteiger partial charge in [0.1, 0.15) is 28.3 Å². The minimum Gasteiger partial charge on any atom is -0.506 e. The number of phenolic OH excluding ortho intramolecular Hbond substituents is 1. The lowest BCUT2D eigenvalue weighted by atomic mass is 10.1. The molecule has 28 heavy (non-hydrogen) atoms. The van der Waals surface area contributed by atoms with Gasteiger partial charge >= 0.3 is 0 Å². The zero-order valence-corrected chi connectivity index (χ0v) is 16.2. The lowest BCUT2D eigenvalue weighted by molar-refractivity contribution is 0.475. The van der Waals surface area contributed by atoms with Crippen LogP contribution < -0.4 is 0 Å². The van der Waals surface area contributed by atoms with E-state index < -0.39 is 0 Å². The van der Waals surface area contributed by atoms with Gasteiger partial charge < -0.3 is 5.11 Å². The van der Waals surface area contributed by atoms with Gasteiger partial charge in [-0.1, -0.05) is 24.9 Å². The molecule has 0 aliphatic carbocycles. The van der Waals surface area contributed by atoms with Crippen molar-refractivity contribution in [1.82, 2.24) is 19.7 Å². The summed E-state index contributed by atoms with van der Waals surface area (Å²) in [4.78, 5) is 9.48. The van der Waals surface area contributed by atoms with Gasteiger partial charge in [-0.15, -0.1) is 0 Å². The van der Waals surface area contributed by atoms with Crippen molar-refractivity contribution in [3.8, 4) is 28.4 Å². The summed E-state index contributed by atoms with van der Waals surface area (Å²) < 4.78 is 15.1. The monoisotopic (exact) mass is 396 g/mol. The van der Waals surface area contributed by atoms with Crippen LogP contribution in [0.2, 0.25) is 5.02 Å². The molecule has 0 saturated carbocycles. The molecular weight excluding hydrogens is 379 g/mol. The van der Waals surface area contributed by atoms with Crippen LogP contribution >= 0.6 is 11.6 Å². The Balaban J connectivity index is 2.03. The number of nitrogens with zero attached hydrogens (tertiary/aromatic N) is 4. The van der Waals surface area contributed by atoms with Gasteiger partial charge in [0.25, 0.3) is 0 Å². The van der Waals surface area contributed by atoms with Gasteiger partial charge in [-0.2, -0.15) is 5.10 Å². The number of fused-ring (bicyclic) bond motifs is 1. The summed E-state index contributed by atoms with van der Waals surface area (Å²) in [5.41, 5.74) is 4.54. The summed E-state index contributed by atoms with van der Waals surface area (Å²) in [6, 6.07) is 11.0. The normalized spacial score (nSPS) is 11.3. The van der Waals surface area contributed by atoms with Crippen molar-refractivity contribution < 1.29 is 9.50 Å². The molecule has 2 aromatic carbocycles. The molecule has 0 aliphatic heterocycles. The van der Waals surface area contributed by atoms with Crippen LogP contribution in [-0.2, 0) is 13.5 Å². The van der Waals surface area contributed by atoms with Crippen LogP contribution in [0.25, 0.3) is 33.7 Å². The maximum Gasteiger partial charge on any atom is 0.160 e. The van der Waals surface area contributed by atoms with Crippen molar-refractivity contribution in [3.63, 3.8) is 0 Å². The number of rotatable bonds is 4. The van der Waals surface area contributed by atoms with E-state index in [1.165, 1.54) is 18.2 Å². The van der Waals surface area contributed by atoms with Crippen LogP contribution in [0.4, 0.5) is 4.39 Å². The van der Waals surface area contributed by atoms with Crippen LogP contribution in [0.5, 0.6) is 5.75 Å². The molecule has 2 aromatic heterocycles. The average Bonchev–Trinajstić information content (AvgIpc) is 3.00. The van der Waals surface area contributed by atoms with Crippen molar-refractivity contribution in [2.45, 2.75) is 19.8 Å². The van der Waals surface area contributed by atoms with Gasteiger partial charge in [0, 0.05) is 18.2 Å². The number of halogens is 2. The SMILES string of the molecule is CCCc1nn(C)c2c(-c3ccc(O)c(Cl)c3)nc(-c3ccc(F)cc3)nc12. The number of benzene rings is 2. The third-order valence-corrected chi connectivity index (χ3v) is 4.86. The highest BCUT2D eigenvalue weighted by Gasteiger charge is 2.19. The van der Waals surface area contributed by atoms with Crippen LogP contribution in [0.1, 0.15) is 19.0 Å². The van der Waals surface area contributed by atoms with Gasteiger partial charge in [0.05, 0.1) is 10.7 Å². The first-order valence-electron chi connectivity index (χ1n) is 8.96. The van der Waals surface area contributed by atoms with Crippen molar-refractivity contribution in [3.05, 3.63) is 59.0 Å². The lowest BCUT2D eigenvalue weighted by Crippen LogP contribution is -1.98. The lowest BCUT2D eigenvalue weighted by Gasteiger charge is -2.09. The number of hydrogen-bond donors (Lipinski definition) is 1. The molecule has 4 aromatic rings. The Morgan fingerprint density at radius 3 is 2.46 bits per heavy atom. The first-order valence-corrected chi connectivity index (χ1v) is 9.34. The Morgan fingerprint density at radius 1 is 1.07 bits per heavy atom. The Morgan fingerprint density at radius 2 is 1.79 bits per heavy atom. The summed E-state index contributed by atoms with van der Waals surface area (Å²) >= 11 is 6.13. The third-order valence-electron chi connectivity index (χ3n) is 4.56. The second-order valence-corrected chi connectivity index (χ2v) is 6.99. The van der Waals surface area contributed by atoms with E-state index in [1.54, 1.807) is 28.9 Å². The topological polar surface area (TPSA) is 63.8 Å². The number of phenols is 1. The zero-order chi connectivity index (χ0) is 19.8. The van der Waals surface area contributed by atoms with Crippen LogP contribution in [0.3, 0.4) is 0 Å². The van der Waals surface area contributed by atoms with Crippen LogP contribution in [-0.4, -0.2) is 24.9 Å². The Hall–Kier alpha value is -2.99. The second kappa shape index (κ2) is 7.20.